The zero-order chi connectivity index (χ0) is 17.9. The van der Waals surface area contributed by atoms with Crippen molar-refractivity contribution in [3.8, 4) is 0 Å². The highest BCUT2D eigenvalue weighted by Crippen LogP contribution is 2.22. The zero-order valence-electron chi connectivity index (χ0n) is 13.6. The molecule has 0 aliphatic heterocycles. The van der Waals surface area contributed by atoms with Crippen LogP contribution in [0.4, 0.5) is 0 Å². The summed E-state index contributed by atoms with van der Waals surface area (Å²) in [5.41, 5.74) is 1.84. The van der Waals surface area contributed by atoms with Gasteiger partial charge in [0, 0.05) is 11.4 Å². The SMILES string of the molecule is Cc1ccc(CS(=O)(=O)NCc2ccc(C(=O)c3cccs3)s2)cc1. The number of hydrogen-bond acceptors (Lipinski definition) is 5. The van der Waals surface area contributed by atoms with E-state index >= 15 is 0 Å². The van der Waals surface area contributed by atoms with Crippen molar-refractivity contribution in [2.24, 2.45) is 0 Å². The summed E-state index contributed by atoms with van der Waals surface area (Å²) in [7, 11) is -3.43. The highest BCUT2D eigenvalue weighted by atomic mass is 32.2. The third-order valence-electron chi connectivity index (χ3n) is 3.57. The van der Waals surface area contributed by atoms with Gasteiger partial charge in [-0.05, 0) is 36.1 Å². The average Bonchev–Trinajstić information content (AvgIpc) is 3.26. The van der Waals surface area contributed by atoms with Crippen molar-refractivity contribution < 1.29 is 13.2 Å². The number of hydrogen-bond donors (Lipinski definition) is 1. The van der Waals surface area contributed by atoms with E-state index in [4.69, 9.17) is 0 Å². The van der Waals surface area contributed by atoms with E-state index in [1.54, 1.807) is 18.2 Å². The van der Waals surface area contributed by atoms with Gasteiger partial charge in [0.05, 0.1) is 15.5 Å². The maximum absolute atomic E-state index is 12.3. The minimum atomic E-state index is -3.43. The maximum atomic E-state index is 12.3. The normalized spacial score (nSPS) is 11.6. The van der Waals surface area contributed by atoms with Crippen molar-refractivity contribution in [2.75, 3.05) is 0 Å². The van der Waals surface area contributed by atoms with Gasteiger partial charge >= 0.3 is 0 Å². The highest BCUT2D eigenvalue weighted by Gasteiger charge is 2.15. The summed E-state index contributed by atoms with van der Waals surface area (Å²) in [5, 5.41) is 1.86. The Labute approximate surface area is 155 Å². The van der Waals surface area contributed by atoms with E-state index in [1.807, 2.05) is 42.6 Å². The van der Waals surface area contributed by atoms with Crippen molar-refractivity contribution in [2.45, 2.75) is 19.2 Å². The Kier molecular flexibility index (Phi) is 5.48. The number of sulfonamides is 1. The van der Waals surface area contributed by atoms with Crippen molar-refractivity contribution in [3.05, 3.63) is 79.7 Å². The Morgan fingerprint density at radius 2 is 1.80 bits per heavy atom. The minimum Gasteiger partial charge on any atom is -0.287 e. The molecule has 0 fully saturated rings. The molecule has 1 N–H and O–H groups in total. The predicted molar refractivity (Wildman–Crippen MR) is 103 cm³/mol. The Balaban J connectivity index is 1.61. The quantitative estimate of drug-likeness (QED) is 0.620. The molecule has 130 valence electrons. The molecule has 0 radical (unpaired) electrons. The van der Waals surface area contributed by atoms with E-state index < -0.39 is 10.0 Å². The Bertz CT molecular complexity index is 955. The minimum absolute atomic E-state index is 0.0197. The number of rotatable bonds is 7. The zero-order valence-corrected chi connectivity index (χ0v) is 16.0. The van der Waals surface area contributed by atoms with E-state index in [0.717, 1.165) is 16.0 Å². The Hall–Kier alpha value is -1.80. The molecule has 2 heterocycles. The number of ketones is 1. The third-order valence-corrected chi connectivity index (χ3v) is 6.82. The van der Waals surface area contributed by atoms with Gasteiger partial charge in [-0.25, -0.2) is 13.1 Å². The van der Waals surface area contributed by atoms with E-state index in [9.17, 15) is 13.2 Å². The molecule has 0 bridgehead atoms. The fourth-order valence-electron chi connectivity index (χ4n) is 2.26. The summed E-state index contributed by atoms with van der Waals surface area (Å²) in [6.45, 7) is 2.15. The summed E-state index contributed by atoms with van der Waals surface area (Å²) in [5.74, 6) is -0.0756. The molecule has 0 atom stereocenters. The van der Waals surface area contributed by atoms with Crippen LogP contribution < -0.4 is 4.72 Å². The molecule has 0 unspecified atom stereocenters. The summed E-state index contributed by atoms with van der Waals surface area (Å²) in [6, 6.07) is 14.6. The third kappa shape index (κ3) is 4.85. The van der Waals surface area contributed by atoms with Crippen molar-refractivity contribution in [1.82, 2.24) is 4.72 Å². The van der Waals surface area contributed by atoms with Crippen LogP contribution in [0.15, 0.2) is 53.9 Å². The van der Waals surface area contributed by atoms with Gasteiger partial charge in [-0.2, -0.15) is 0 Å². The topological polar surface area (TPSA) is 63.2 Å². The number of nitrogens with one attached hydrogen (secondary N) is 1. The van der Waals surface area contributed by atoms with Crippen LogP contribution in [0.25, 0.3) is 0 Å². The fraction of sp³-hybridized carbons (Fsp3) is 0.167. The predicted octanol–water partition coefficient (Wildman–Crippen LogP) is 3.97. The van der Waals surface area contributed by atoms with Gasteiger partial charge in [-0.1, -0.05) is 35.9 Å². The van der Waals surface area contributed by atoms with Crippen LogP contribution >= 0.6 is 22.7 Å². The van der Waals surface area contributed by atoms with Crippen LogP contribution in [0.1, 0.15) is 30.6 Å². The van der Waals surface area contributed by atoms with Gasteiger partial charge in [0.25, 0.3) is 0 Å². The van der Waals surface area contributed by atoms with Crippen LogP contribution in [0.2, 0.25) is 0 Å². The van der Waals surface area contributed by atoms with Crippen molar-refractivity contribution >= 4 is 38.5 Å². The molecule has 2 aromatic heterocycles. The van der Waals surface area contributed by atoms with Gasteiger partial charge < -0.3 is 0 Å². The lowest BCUT2D eigenvalue weighted by Gasteiger charge is -2.06. The summed E-state index contributed by atoms with van der Waals surface area (Å²) < 4.78 is 27.0. The molecular weight excluding hydrogens is 374 g/mol. The van der Waals surface area contributed by atoms with E-state index in [-0.39, 0.29) is 18.1 Å². The average molecular weight is 392 g/mol. The smallest absolute Gasteiger partial charge is 0.216 e. The van der Waals surface area contributed by atoms with Gasteiger partial charge in [-0.15, -0.1) is 22.7 Å². The van der Waals surface area contributed by atoms with Crippen molar-refractivity contribution in [3.63, 3.8) is 0 Å². The lowest BCUT2D eigenvalue weighted by Crippen LogP contribution is -2.24. The van der Waals surface area contributed by atoms with Crippen LogP contribution in [0.5, 0.6) is 0 Å². The Morgan fingerprint density at radius 1 is 1.04 bits per heavy atom. The monoisotopic (exact) mass is 391 g/mol. The molecule has 25 heavy (non-hydrogen) atoms. The first-order chi connectivity index (χ1) is 11.9. The lowest BCUT2D eigenvalue weighted by molar-refractivity contribution is 0.104. The van der Waals surface area contributed by atoms with Gasteiger partial charge in [0.1, 0.15) is 0 Å². The van der Waals surface area contributed by atoms with E-state index in [0.29, 0.717) is 9.75 Å². The van der Waals surface area contributed by atoms with E-state index in [1.165, 1.54) is 22.7 Å². The molecule has 3 rings (SSSR count). The van der Waals surface area contributed by atoms with Crippen LogP contribution in [-0.4, -0.2) is 14.2 Å². The molecule has 7 heteroatoms. The van der Waals surface area contributed by atoms with Crippen LogP contribution in [-0.2, 0) is 22.3 Å². The first kappa shape index (κ1) is 18.0. The molecule has 0 saturated carbocycles. The molecule has 0 aliphatic rings. The number of carbonyl (C=O) groups is 1. The standard InChI is InChI=1S/C18H17NO3S3/c1-13-4-6-14(7-5-13)12-25(21,22)19-11-15-8-9-17(24-15)18(20)16-3-2-10-23-16/h2-10,19H,11-12H2,1H3. The van der Waals surface area contributed by atoms with Gasteiger partial charge in [0.15, 0.2) is 0 Å². The fourth-order valence-corrected chi connectivity index (χ4v) is 5.10. The number of carbonyl (C=O) groups excluding carboxylic acids is 1. The first-order valence-electron chi connectivity index (χ1n) is 7.63. The van der Waals surface area contributed by atoms with Gasteiger partial charge in [-0.3, -0.25) is 4.79 Å². The second-order valence-electron chi connectivity index (χ2n) is 5.64. The number of benzene rings is 1. The first-order valence-corrected chi connectivity index (χ1v) is 11.0. The molecule has 0 aliphatic carbocycles. The van der Waals surface area contributed by atoms with Gasteiger partial charge in [0.2, 0.25) is 15.8 Å². The van der Waals surface area contributed by atoms with Crippen LogP contribution in [0.3, 0.4) is 0 Å². The number of thiophene rings is 2. The lowest BCUT2D eigenvalue weighted by atomic mass is 10.2. The summed E-state index contributed by atoms with van der Waals surface area (Å²) in [4.78, 5) is 14.4. The van der Waals surface area contributed by atoms with Crippen molar-refractivity contribution in [1.29, 1.82) is 0 Å². The van der Waals surface area contributed by atoms with Crippen LogP contribution in [0, 0.1) is 6.92 Å². The molecule has 3 aromatic rings. The molecular formula is C18H17NO3S3. The molecule has 0 spiro atoms. The molecule has 0 saturated heterocycles. The van der Waals surface area contributed by atoms with E-state index in [2.05, 4.69) is 4.72 Å². The largest absolute Gasteiger partial charge is 0.287 e. The second kappa shape index (κ2) is 7.61. The number of aryl methyl sites for hydroxylation is 1. The summed E-state index contributed by atoms with van der Waals surface area (Å²) in [6.07, 6.45) is 0. The summed E-state index contributed by atoms with van der Waals surface area (Å²) >= 11 is 2.72. The highest BCUT2D eigenvalue weighted by molar-refractivity contribution is 7.88. The maximum Gasteiger partial charge on any atom is 0.216 e. The molecule has 4 nitrogen and oxygen atoms in total. The Morgan fingerprint density at radius 3 is 2.48 bits per heavy atom. The molecule has 0 amide bonds. The second-order valence-corrected chi connectivity index (χ2v) is 9.56. The molecule has 1 aromatic carbocycles.